The molecule has 1 N–H and O–H groups in total. The highest BCUT2D eigenvalue weighted by Gasteiger charge is 2.24. The summed E-state index contributed by atoms with van der Waals surface area (Å²) >= 11 is 0. The third-order valence-corrected chi connectivity index (χ3v) is 4.97. The van der Waals surface area contributed by atoms with Gasteiger partial charge in [0, 0.05) is 51.3 Å². The van der Waals surface area contributed by atoms with Crippen molar-refractivity contribution in [3.63, 3.8) is 0 Å². The number of hydrogen-bond donors (Lipinski definition) is 1. The van der Waals surface area contributed by atoms with Crippen molar-refractivity contribution in [2.45, 2.75) is 38.5 Å². The smallest absolute Gasteiger partial charge is 0.222 e. The zero-order valence-electron chi connectivity index (χ0n) is 15.4. The Morgan fingerprint density at radius 3 is 2.85 bits per heavy atom. The number of rotatable bonds is 7. The standard InChI is InChI=1S/C20H27N5O/c1-21-20-18(23-11-12-24-20)14-17-5-3-13-25(15-17)19(26)6-2-4-16-7-9-22-10-8-16/h7-12,17H,2-6,13-15H2,1H3,(H,21,24). The first-order valence-electron chi connectivity index (χ1n) is 9.40. The molecule has 2 aromatic rings. The van der Waals surface area contributed by atoms with Gasteiger partial charge in [0.15, 0.2) is 0 Å². The molecule has 6 nitrogen and oxygen atoms in total. The summed E-state index contributed by atoms with van der Waals surface area (Å²) < 4.78 is 0. The summed E-state index contributed by atoms with van der Waals surface area (Å²) in [6.07, 6.45) is 12.5. The molecule has 3 heterocycles. The molecule has 26 heavy (non-hydrogen) atoms. The molecular formula is C20H27N5O. The molecule has 1 amide bonds. The van der Waals surface area contributed by atoms with Gasteiger partial charge in [-0.3, -0.25) is 14.8 Å². The first-order valence-corrected chi connectivity index (χ1v) is 9.40. The molecule has 1 saturated heterocycles. The van der Waals surface area contributed by atoms with Crippen molar-refractivity contribution in [2.75, 3.05) is 25.5 Å². The van der Waals surface area contributed by atoms with Crippen molar-refractivity contribution in [1.82, 2.24) is 19.9 Å². The number of carbonyl (C=O) groups is 1. The summed E-state index contributed by atoms with van der Waals surface area (Å²) in [6.45, 7) is 1.71. The van der Waals surface area contributed by atoms with E-state index in [1.165, 1.54) is 5.56 Å². The third kappa shape index (κ3) is 5.00. The van der Waals surface area contributed by atoms with E-state index in [9.17, 15) is 4.79 Å². The second-order valence-electron chi connectivity index (χ2n) is 6.86. The number of hydrogen-bond acceptors (Lipinski definition) is 5. The van der Waals surface area contributed by atoms with Crippen LogP contribution < -0.4 is 5.32 Å². The van der Waals surface area contributed by atoms with Gasteiger partial charge in [0.1, 0.15) is 5.82 Å². The van der Waals surface area contributed by atoms with Gasteiger partial charge in [-0.15, -0.1) is 0 Å². The van der Waals surface area contributed by atoms with Gasteiger partial charge in [-0.05, 0) is 55.7 Å². The molecule has 0 saturated carbocycles. The van der Waals surface area contributed by atoms with Gasteiger partial charge in [0.25, 0.3) is 0 Å². The van der Waals surface area contributed by atoms with Gasteiger partial charge in [-0.25, -0.2) is 4.98 Å². The fraction of sp³-hybridized carbons (Fsp3) is 0.500. The van der Waals surface area contributed by atoms with E-state index < -0.39 is 0 Å². The van der Waals surface area contributed by atoms with Crippen molar-refractivity contribution in [2.24, 2.45) is 5.92 Å². The van der Waals surface area contributed by atoms with Crippen LogP contribution in [-0.4, -0.2) is 45.9 Å². The molecule has 0 bridgehead atoms. The molecule has 0 aromatic carbocycles. The fourth-order valence-electron chi connectivity index (χ4n) is 3.61. The lowest BCUT2D eigenvalue weighted by molar-refractivity contribution is -0.133. The van der Waals surface area contributed by atoms with E-state index in [1.807, 2.05) is 24.1 Å². The number of amides is 1. The van der Waals surface area contributed by atoms with Crippen LogP contribution in [0, 0.1) is 5.92 Å². The van der Waals surface area contributed by atoms with Crippen LogP contribution in [0.5, 0.6) is 0 Å². The van der Waals surface area contributed by atoms with E-state index in [0.29, 0.717) is 12.3 Å². The highest BCUT2D eigenvalue weighted by Crippen LogP contribution is 2.23. The zero-order chi connectivity index (χ0) is 18.2. The summed E-state index contributed by atoms with van der Waals surface area (Å²) in [5, 5.41) is 3.10. The normalized spacial score (nSPS) is 17.1. The van der Waals surface area contributed by atoms with Gasteiger partial charge in [0.2, 0.25) is 5.91 Å². The van der Waals surface area contributed by atoms with E-state index in [-0.39, 0.29) is 5.91 Å². The van der Waals surface area contributed by atoms with Gasteiger partial charge in [0.05, 0.1) is 5.69 Å². The molecule has 1 aliphatic rings. The summed E-state index contributed by atoms with van der Waals surface area (Å²) in [7, 11) is 1.87. The maximum atomic E-state index is 12.6. The number of anilines is 1. The Balaban J connectivity index is 1.49. The number of pyridine rings is 1. The van der Waals surface area contributed by atoms with Crippen molar-refractivity contribution in [1.29, 1.82) is 0 Å². The number of aromatic nitrogens is 3. The molecule has 6 heteroatoms. The highest BCUT2D eigenvalue weighted by atomic mass is 16.2. The number of nitrogens with zero attached hydrogens (tertiary/aromatic N) is 4. The van der Waals surface area contributed by atoms with Gasteiger partial charge >= 0.3 is 0 Å². The highest BCUT2D eigenvalue weighted by molar-refractivity contribution is 5.76. The number of nitrogens with one attached hydrogen (secondary N) is 1. The molecule has 1 fully saturated rings. The number of piperidine rings is 1. The zero-order valence-corrected chi connectivity index (χ0v) is 15.4. The van der Waals surface area contributed by atoms with Crippen LogP contribution in [0.25, 0.3) is 0 Å². The molecular weight excluding hydrogens is 326 g/mol. The van der Waals surface area contributed by atoms with E-state index in [4.69, 9.17) is 0 Å². The van der Waals surface area contributed by atoms with Gasteiger partial charge < -0.3 is 10.2 Å². The van der Waals surface area contributed by atoms with Gasteiger partial charge in [-0.2, -0.15) is 0 Å². The lowest BCUT2D eigenvalue weighted by Crippen LogP contribution is -2.40. The topological polar surface area (TPSA) is 71.0 Å². The lowest BCUT2D eigenvalue weighted by atomic mass is 9.93. The minimum Gasteiger partial charge on any atom is -0.372 e. The Morgan fingerprint density at radius 1 is 1.23 bits per heavy atom. The van der Waals surface area contributed by atoms with Gasteiger partial charge in [-0.1, -0.05) is 0 Å². The van der Waals surface area contributed by atoms with Crippen LogP contribution in [-0.2, 0) is 17.6 Å². The summed E-state index contributed by atoms with van der Waals surface area (Å²) in [6, 6.07) is 4.03. The Morgan fingerprint density at radius 2 is 2.04 bits per heavy atom. The number of aryl methyl sites for hydroxylation is 1. The van der Waals surface area contributed by atoms with Crippen LogP contribution >= 0.6 is 0 Å². The summed E-state index contributed by atoms with van der Waals surface area (Å²) in [4.78, 5) is 27.4. The van der Waals surface area contributed by atoms with Crippen molar-refractivity contribution in [3.05, 3.63) is 48.2 Å². The number of carbonyl (C=O) groups excluding carboxylic acids is 1. The van der Waals surface area contributed by atoms with Crippen LogP contribution in [0.15, 0.2) is 36.9 Å². The van der Waals surface area contributed by atoms with Crippen LogP contribution in [0.4, 0.5) is 5.82 Å². The van der Waals surface area contributed by atoms with Crippen molar-refractivity contribution < 1.29 is 4.79 Å². The average Bonchev–Trinajstić information content (AvgIpc) is 2.69. The SMILES string of the molecule is CNc1nccnc1CC1CCCN(C(=O)CCCc2ccncc2)C1. The maximum absolute atomic E-state index is 12.6. The maximum Gasteiger partial charge on any atom is 0.222 e. The molecule has 2 aromatic heterocycles. The molecule has 138 valence electrons. The second-order valence-corrected chi connectivity index (χ2v) is 6.86. The fourth-order valence-corrected chi connectivity index (χ4v) is 3.61. The van der Waals surface area contributed by atoms with Crippen molar-refractivity contribution >= 4 is 11.7 Å². The first kappa shape index (κ1) is 18.3. The third-order valence-electron chi connectivity index (χ3n) is 4.97. The molecule has 1 unspecified atom stereocenters. The number of likely N-dealkylation sites (tertiary alicyclic amines) is 1. The minimum absolute atomic E-state index is 0.275. The first-order chi connectivity index (χ1) is 12.8. The average molecular weight is 353 g/mol. The quantitative estimate of drug-likeness (QED) is 0.829. The van der Waals surface area contributed by atoms with Crippen molar-refractivity contribution in [3.8, 4) is 0 Å². The Bertz CT molecular complexity index is 706. The summed E-state index contributed by atoms with van der Waals surface area (Å²) in [5.41, 5.74) is 2.23. The Kier molecular flexibility index (Phi) is 6.52. The van der Waals surface area contributed by atoms with E-state index >= 15 is 0 Å². The van der Waals surface area contributed by atoms with Crippen LogP contribution in [0.1, 0.15) is 36.9 Å². The Hall–Kier alpha value is -2.50. The summed E-state index contributed by atoms with van der Waals surface area (Å²) in [5.74, 6) is 1.57. The monoisotopic (exact) mass is 353 g/mol. The second kappa shape index (κ2) is 9.27. The van der Waals surface area contributed by atoms with Crippen LogP contribution in [0.3, 0.4) is 0 Å². The molecule has 0 aliphatic carbocycles. The van der Waals surface area contributed by atoms with E-state index in [2.05, 4.69) is 20.3 Å². The molecule has 1 aliphatic heterocycles. The molecule has 1 atom stereocenters. The molecule has 0 spiro atoms. The largest absolute Gasteiger partial charge is 0.372 e. The molecule has 0 radical (unpaired) electrons. The molecule has 3 rings (SSSR count). The lowest BCUT2D eigenvalue weighted by Gasteiger charge is -2.33. The Labute approximate surface area is 155 Å². The predicted molar refractivity (Wildman–Crippen MR) is 102 cm³/mol. The van der Waals surface area contributed by atoms with E-state index in [0.717, 1.165) is 56.7 Å². The van der Waals surface area contributed by atoms with E-state index in [1.54, 1.807) is 24.8 Å². The minimum atomic E-state index is 0.275. The van der Waals surface area contributed by atoms with Crippen LogP contribution in [0.2, 0.25) is 0 Å². The predicted octanol–water partition coefficient (Wildman–Crippen LogP) is 2.72.